The van der Waals surface area contributed by atoms with E-state index in [0.717, 1.165) is 10.6 Å². The van der Waals surface area contributed by atoms with E-state index in [1.165, 1.54) is 16.7 Å². The van der Waals surface area contributed by atoms with Gasteiger partial charge in [0.1, 0.15) is 16.4 Å². The van der Waals surface area contributed by atoms with E-state index in [0.29, 0.717) is 27.9 Å². The second kappa shape index (κ2) is 9.29. The summed E-state index contributed by atoms with van der Waals surface area (Å²) < 4.78 is 5.47. The molecule has 31 heavy (non-hydrogen) atoms. The van der Waals surface area contributed by atoms with Gasteiger partial charge in [0, 0.05) is 15.6 Å². The molecule has 1 N–H and O–H groups in total. The maximum atomic E-state index is 13.3. The molecule has 7 heteroatoms. The number of hydrogen-bond acceptors (Lipinski definition) is 5. The molecule has 0 radical (unpaired) electrons. The van der Waals surface area contributed by atoms with E-state index < -0.39 is 5.91 Å². The normalized spacial score (nSPS) is 13.7. The second-order valence-corrected chi connectivity index (χ2v) is 8.14. The lowest BCUT2D eigenvalue weighted by Crippen LogP contribution is -2.32. The summed E-state index contributed by atoms with van der Waals surface area (Å²) in [4.78, 5) is 28.9. The molecule has 1 aliphatic rings. The molecule has 4 rings (SSSR count). The molecule has 0 atom stereocenters. The van der Waals surface area contributed by atoms with Crippen LogP contribution in [0.2, 0.25) is 5.02 Å². The predicted molar refractivity (Wildman–Crippen MR) is 125 cm³/mol. The number of thioether (sulfide) groups is 1. The first-order valence-electron chi connectivity index (χ1n) is 9.68. The number of rotatable bonds is 7. The molecule has 5 nitrogen and oxygen atoms in total. The van der Waals surface area contributed by atoms with E-state index in [1.54, 1.807) is 36.4 Å². The molecule has 0 saturated heterocycles. The molecule has 0 aliphatic carbocycles. The smallest absolute Gasteiger partial charge is 0.283 e. The van der Waals surface area contributed by atoms with Gasteiger partial charge < -0.3 is 10.1 Å². The minimum Gasteiger partial charge on any atom is -0.494 e. The van der Waals surface area contributed by atoms with Crippen molar-refractivity contribution in [3.05, 3.63) is 94.5 Å². The van der Waals surface area contributed by atoms with Gasteiger partial charge >= 0.3 is 0 Å². The standard InChI is InChI=1S/C24H19ClN2O3S/c1-2-30-19-12-10-17(11-13-19)26-21-22(31-20-14-8-16(25)9-15-20)24(29)27(23(21)28)18-6-4-3-5-7-18/h3-15,26H,2H2,1H3. The zero-order valence-electron chi connectivity index (χ0n) is 16.7. The largest absolute Gasteiger partial charge is 0.494 e. The number of halogens is 1. The number of imide groups is 1. The third kappa shape index (κ3) is 4.60. The van der Waals surface area contributed by atoms with Gasteiger partial charge in [-0.15, -0.1) is 0 Å². The Hall–Kier alpha value is -3.22. The number of nitrogens with zero attached hydrogens (tertiary/aromatic N) is 1. The number of para-hydroxylation sites is 1. The van der Waals surface area contributed by atoms with Crippen molar-refractivity contribution in [1.82, 2.24) is 0 Å². The van der Waals surface area contributed by atoms with Crippen LogP contribution in [0.1, 0.15) is 6.92 Å². The fourth-order valence-electron chi connectivity index (χ4n) is 3.09. The molecule has 2 amide bonds. The van der Waals surface area contributed by atoms with Crippen molar-refractivity contribution in [2.75, 3.05) is 16.8 Å². The SMILES string of the molecule is CCOc1ccc(NC2=C(Sc3ccc(Cl)cc3)C(=O)N(c3ccccc3)C2=O)cc1. The van der Waals surface area contributed by atoms with Crippen LogP contribution in [0.25, 0.3) is 0 Å². The molecule has 0 aromatic heterocycles. The Balaban J connectivity index is 1.69. The number of hydrogen-bond donors (Lipinski definition) is 1. The topological polar surface area (TPSA) is 58.6 Å². The highest BCUT2D eigenvalue weighted by atomic mass is 35.5. The maximum Gasteiger partial charge on any atom is 0.283 e. The third-order valence-electron chi connectivity index (χ3n) is 4.52. The maximum absolute atomic E-state index is 13.3. The zero-order valence-corrected chi connectivity index (χ0v) is 18.2. The predicted octanol–water partition coefficient (Wildman–Crippen LogP) is 5.73. The zero-order chi connectivity index (χ0) is 21.8. The van der Waals surface area contributed by atoms with Crippen molar-refractivity contribution in [3.63, 3.8) is 0 Å². The summed E-state index contributed by atoms with van der Waals surface area (Å²) in [5, 5.41) is 3.74. The number of ether oxygens (including phenoxy) is 1. The van der Waals surface area contributed by atoms with Gasteiger partial charge in [-0.2, -0.15) is 0 Å². The van der Waals surface area contributed by atoms with E-state index in [1.807, 2.05) is 49.4 Å². The highest BCUT2D eigenvalue weighted by Gasteiger charge is 2.40. The first-order valence-corrected chi connectivity index (χ1v) is 10.9. The van der Waals surface area contributed by atoms with Crippen molar-refractivity contribution in [3.8, 4) is 5.75 Å². The fraction of sp³-hybridized carbons (Fsp3) is 0.0833. The van der Waals surface area contributed by atoms with Crippen LogP contribution in [0.5, 0.6) is 5.75 Å². The Morgan fingerprint density at radius 2 is 1.58 bits per heavy atom. The van der Waals surface area contributed by atoms with E-state index in [9.17, 15) is 9.59 Å². The first kappa shape index (κ1) is 21.0. The molecule has 156 valence electrons. The van der Waals surface area contributed by atoms with Crippen LogP contribution in [0.4, 0.5) is 11.4 Å². The summed E-state index contributed by atoms with van der Waals surface area (Å²) in [6.45, 7) is 2.48. The number of carbonyl (C=O) groups is 2. The Labute approximate surface area is 189 Å². The minimum absolute atomic E-state index is 0.234. The molecule has 3 aromatic rings. The van der Waals surface area contributed by atoms with Crippen LogP contribution in [-0.2, 0) is 9.59 Å². The average molecular weight is 451 g/mol. The molecule has 3 aromatic carbocycles. The lowest BCUT2D eigenvalue weighted by Gasteiger charge is -2.15. The number of benzene rings is 3. The van der Waals surface area contributed by atoms with Crippen LogP contribution in [0, 0.1) is 0 Å². The van der Waals surface area contributed by atoms with Crippen LogP contribution in [-0.4, -0.2) is 18.4 Å². The molecule has 1 aliphatic heterocycles. The van der Waals surface area contributed by atoms with Crippen LogP contribution in [0.3, 0.4) is 0 Å². The lowest BCUT2D eigenvalue weighted by atomic mass is 10.2. The number of anilines is 2. The molecule has 0 spiro atoms. The van der Waals surface area contributed by atoms with Crippen molar-refractivity contribution >= 4 is 46.6 Å². The molecule has 0 saturated carbocycles. The average Bonchev–Trinajstić information content (AvgIpc) is 3.01. The van der Waals surface area contributed by atoms with Crippen molar-refractivity contribution in [2.24, 2.45) is 0 Å². The van der Waals surface area contributed by atoms with E-state index in [4.69, 9.17) is 16.3 Å². The summed E-state index contributed by atoms with van der Waals surface area (Å²) in [7, 11) is 0. The van der Waals surface area contributed by atoms with Crippen LogP contribution >= 0.6 is 23.4 Å². The van der Waals surface area contributed by atoms with Crippen molar-refractivity contribution < 1.29 is 14.3 Å². The minimum atomic E-state index is -0.401. The number of amides is 2. The van der Waals surface area contributed by atoms with Gasteiger partial charge in [0.05, 0.1) is 12.3 Å². The summed E-state index contributed by atoms with van der Waals surface area (Å²) in [5.41, 5.74) is 1.44. The summed E-state index contributed by atoms with van der Waals surface area (Å²) in [6, 6.07) is 23.3. The highest BCUT2D eigenvalue weighted by Crippen LogP contribution is 2.38. The summed E-state index contributed by atoms with van der Waals surface area (Å²) in [6.07, 6.45) is 0. The Morgan fingerprint density at radius 1 is 0.903 bits per heavy atom. The van der Waals surface area contributed by atoms with Gasteiger partial charge in [-0.05, 0) is 67.6 Å². The Bertz CT molecular complexity index is 1130. The highest BCUT2D eigenvalue weighted by molar-refractivity contribution is 8.04. The molecular weight excluding hydrogens is 432 g/mol. The van der Waals surface area contributed by atoms with E-state index >= 15 is 0 Å². The molecule has 0 unspecified atom stereocenters. The number of carbonyl (C=O) groups excluding carboxylic acids is 2. The lowest BCUT2D eigenvalue weighted by molar-refractivity contribution is -0.120. The van der Waals surface area contributed by atoms with Crippen LogP contribution in [0.15, 0.2) is 94.4 Å². The molecule has 1 heterocycles. The summed E-state index contributed by atoms with van der Waals surface area (Å²) >= 11 is 7.21. The van der Waals surface area contributed by atoms with Crippen LogP contribution < -0.4 is 15.0 Å². The third-order valence-corrected chi connectivity index (χ3v) is 5.87. The van der Waals surface area contributed by atoms with Gasteiger partial charge in [-0.3, -0.25) is 9.59 Å². The van der Waals surface area contributed by atoms with Gasteiger partial charge in [-0.1, -0.05) is 41.6 Å². The van der Waals surface area contributed by atoms with Crippen molar-refractivity contribution in [2.45, 2.75) is 11.8 Å². The van der Waals surface area contributed by atoms with Gasteiger partial charge in [0.25, 0.3) is 11.8 Å². The number of nitrogens with one attached hydrogen (secondary N) is 1. The first-order chi connectivity index (χ1) is 15.1. The molecular formula is C24H19ClN2O3S. The summed E-state index contributed by atoms with van der Waals surface area (Å²) in [5.74, 6) is -0.0383. The fourth-order valence-corrected chi connectivity index (χ4v) is 4.14. The molecule has 0 fully saturated rings. The molecule has 0 bridgehead atoms. The Morgan fingerprint density at radius 3 is 2.23 bits per heavy atom. The second-order valence-electron chi connectivity index (χ2n) is 6.62. The van der Waals surface area contributed by atoms with Crippen molar-refractivity contribution in [1.29, 1.82) is 0 Å². The quantitative estimate of drug-likeness (QED) is 0.466. The van der Waals surface area contributed by atoms with Gasteiger partial charge in [-0.25, -0.2) is 4.90 Å². The van der Waals surface area contributed by atoms with E-state index in [-0.39, 0.29) is 11.6 Å². The van der Waals surface area contributed by atoms with E-state index in [2.05, 4.69) is 5.32 Å². The monoisotopic (exact) mass is 450 g/mol. The van der Waals surface area contributed by atoms with Gasteiger partial charge in [0.15, 0.2) is 0 Å². The Kier molecular flexibility index (Phi) is 6.30. The van der Waals surface area contributed by atoms with Gasteiger partial charge in [0.2, 0.25) is 0 Å².